The fourth-order valence-corrected chi connectivity index (χ4v) is 3.06. The summed E-state index contributed by atoms with van der Waals surface area (Å²) in [5.74, 6) is 5.71. The molecule has 0 saturated carbocycles. The van der Waals surface area contributed by atoms with E-state index < -0.39 is 0 Å². The maximum atomic E-state index is 5.71. The minimum absolute atomic E-state index is 0.0937. The van der Waals surface area contributed by atoms with Crippen LogP contribution in [0.15, 0.2) is 24.3 Å². The molecule has 5 heteroatoms. The Bertz CT molecular complexity index is 540. The first-order chi connectivity index (χ1) is 9.51. The van der Waals surface area contributed by atoms with Gasteiger partial charge in [0.1, 0.15) is 0 Å². The summed E-state index contributed by atoms with van der Waals surface area (Å²) >= 11 is 1.75. The number of anilines is 1. The first-order valence-corrected chi connectivity index (χ1v) is 7.49. The molecule has 0 spiro atoms. The summed E-state index contributed by atoms with van der Waals surface area (Å²) < 4.78 is 0. The number of nitrogens with one attached hydrogen (secondary N) is 1. The Labute approximate surface area is 124 Å². The van der Waals surface area contributed by atoms with E-state index in [1.807, 2.05) is 21.0 Å². The molecular formula is C15H22N4S. The van der Waals surface area contributed by atoms with Gasteiger partial charge in [0.05, 0.1) is 16.7 Å². The average molecular weight is 290 g/mol. The topological polar surface area (TPSA) is 54.2 Å². The highest BCUT2D eigenvalue weighted by Gasteiger charge is 2.14. The average Bonchev–Trinajstić information content (AvgIpc) is 2.75. The van der Waals surface area contributed by atoms with Crippen molar-refractivity contribution in [3.8, 4) is 0 Å². The van der Waals surface area contributed by atoms with Gasteiger partial charge in [0.2, 0.25) is 0 Å². The standard InChI is InChI=1S/C15H22N4S/c1-10-11(2)20-15(17-10)9-14(18-16)12-5-7-13(8-6-12)19(3)4/h5-8,14,18H,9,16H2,1-4H3. The predicted molar refractivity (Wildman–Crippen MR) is 86.1 cm³/mol. The van der Waals surface area contributed by atoms with E-state index in [4.69, 9.17) is 5.84 Å². The number of hydrogen-bond donors (Lipinski definition) is 2. The molecule has 2 rings (SSSR count). The number of aryl methyl sites for hydroxylation is 2. The maximum absolute atomic E-state index is 5.71. The lowest BCUT2D eigenvalue weighted by Crippen LogP contribution is -2.29. The van der Waals surface area contributed by atoms with E-state index in [-0.39, 0.29) is 6.04 Å². The summed E-state index contributed by atoms with van der Waals surface area (Å²) in [6.07, 6.45) is 0.817. The fraction of sp³-hybridized carbons (Fsp3) is 0.400. The number of thiazole rings is 1. The minimum atomic E-state index is 0.0937. The lowest BCUT2D eigenvalue weighted by atomic mass is 10.0. The molecule has 0 aliphatic rings. The number of hydrazine groups is 1. The number of rotatable bonds is 5. The quantitative estimate of drug-likeness (QED) is 0.656. The van der Waals surface area contributed by atoms with Crippen LogP contribution in [0.2, 0.25) is 0 Å². The number of nitrogens with zero attached hydrogens (tertiary/aromatic N) is 2. The summed E-state index contributed by atoms with van der Waals surface area (Å²) in [5, 5.41) is 1.12. The smallest absolute Gasteiger partial charge is 0.0950 e. The molecule has 1 aromatic heterocycles. The van der Waals surface area contributed by atoms with E-state index in [0.717, 1.165) is 17.1 Å². The van der Waals surface area contributed by atoms with Gasteiger partial charge in [-0.3, -0.25) is 11.3 Å². The number of hydrogen-bond acceptors (Lipinski definition) is 5. The van der Waals surface area contributed by atoms with Crippen LogP contribution in [0.1, 0.15) is 27.2 Å². The predicted octanol–water partition coefficient (Wildman–Crippen LogP) is 2.57. The van der Waals surface area contributed by atoms with Gasteiger partial charge in [0, 0.05) is 31.1 Å². The van der Waals surface area contributed by atoms with Crippen molar-refractivity contribution in [2.45, 2.75) is 26.3 Å². The van der Waals surface area contributed by atoms with Crippen molar-refractivity contribution in [2.24, 2.45) is 5.84 Å². The summed E-state index contributed by atoms with van der Waals surface area (Å²) in [6, 6.07) is 8.55. The van der Waals surface area contributed by atoms with Gasteiger partial charge < -0.3 is 4.90 Å². The molecule has 0 fully saturated rings. The Kier molecular flexibility index (Phi) is 4.75. The second kappa shape index (κ2) is 6.35. The second-order valence-corrected chi connectivity index (χ2v) is 6.45. The molecule has 1 unspecified atom stereocenters. The van der Waals surface area contributed by atoms with Crippen molar-refractivity contribution < 1.29 is 0 Å². The number of benzene rings is 1. The Balaban J connectivity index is 2.15. The Morgan fingerprint density at radius 2 is 1.90 bits per heavy atom. The van der Waals surface area contributed by atoms with Crippen molar-refractivity contribution in [3.05, 3.63) is 45.4 Å². The van der Waals surface area contributed by atoms with Gasteiger partial charge in [0.25, 0.3) is 0 Å². The van der Waals surface area contributed by atoms with Crippen LogP contribution in [0.4, 0.5) is 5.69 Å². The molecule has 0 aliphatic carbocycles. The van der Waals surface area contributed by atoms with Crippen LogP contribution in [-0.4, -0.2) is 19.1 Å². The molecule has 0 saturated heterocycles. The molecule has 0 radical (unpaired) electrons. The molecule has 0 aliphatic heterocycles. The zero-order chi connectivity index (χ0) is 14.7. The van der Waals surface area contributed by atoms with Crippen LogP contribution in [0.25, 0.3) is 0 Å². The third-order valence-electron chi connectivity index (χ3n) is 3.46. The Hall–Kier alpha value is -1.43. The molecule has 2 aromatic rings. The van der Waals surface area contributed by atoms with E-state index in [9.17, 15) is 0 Å². The van der Waals surface area contributed by atoms with Crippen LogP contribution < -0.4 is 16.2 Å². The molecule has 0 amide bonds. The largest absolute Gasteiger partial charge is 0.378 e. The van der Waals surface area contributed by atoms with Gasteiger partial charge in [-0.25, -0.2) is 4.98 Å². The summed E-state index contributed by atoms with van der Waals surface area (Å²) in [6.45, 7) is 4.15. The lowest BCUT2D eigenvalue weighted by molar-refractivity contribution is 0.550. The van der Waals surface area contributed by atoms with Gasteiger partial charge in [0.15, 0.2) is 0 Å². The summed E-state index contributed by atoms with van der Waals surface area (Å²) in [7, 11) is 4.07. The van der Waals surface area contributed by atoms with Crippen LogP contribution >= 0.6 is 11.3 Å². The van der Waals surface area contributed by atoms with Crippen molar-refractivity contribution in [3.63, 3.8) is 0 Å². The SMILES string of the molecule is Cc1nc(CC(NN)c2ccc(N(C)C)cc2)sc1C. The Morgan fingerprint density at radius 1 is 1.25 bits per heavy atom. The first-order valence-electron chi connectivity index (χ1n) is 6.67. The fourth-order valence-electron chi connectivity index (χ4n) is 2.08. The normalized spacial score (nSPS) is 12.4. The molecule has 1 heterocycles. The van der Waals surface area contributed by atoms with Gasteiger partial charge in [-0.2, -0.15) is 0 Å². The van der Waals surface area contributed by atoms with E-state index in [0.29, 0.717) is 0 Å². The Morgan fingerprint density at radius 3 is 2.35 bits per heavy atom. The van der Waals surface area contributed by atoms with E-state index >= 15 is 0 Å². The van der Waals surface area contributed by atoms with Crippen molar-refractivity contribution in [1.29, 1.82) is 0 Å². The molecule has 108 valence electrons. The van der Waals surface area contributed by atoms with Crippen LogP contribution in [0, 0.1) is 13.8 Å². The van der Waals surface area contributed by atoms with Gasteiger partial charge in [-0.15, -0.1) is 11.3 Å². The minimum Gasteiger partial charge on any atom is -0.378 e. The highest BCUT2D eigenvalue weighted by atomic mass is 32.1. The highest BCUT2D eigenvalue weighted by molar-refractivity contribution is 7.11. The lowest BCUT2D eigenvalue weighted by Gasteiger charge is -2.17. The zero-order valence-corrected chi connectivity index (χ0v) is 13.3. The molecule has 0 bridgehead atoms. The zero-order valence-electron chi connectivity index (χ0n) is 12.5. The second-order valence-electron chi connectivity index (χ2n) is 5.16. The molecule has 1 aromatic carbocycles. The van der Waals surface area contributed by atoms with Crippen LogP contribution in [-0.2, 0) is 6.42 Å². The maximum Gasteiger partial charge on any atom is 0.0950 e. The van der Waals surface area contributed by atoms with E-state index in [1.165, 1.54) is 16.1 Å². The summed E-state index contributed by atoms with van der Waals surface area (Å²) in [4.78, 5) is 7.95. The molecular weight excluding hydrogens is 268 g/mol. The monoisotopic (exact) mass is 290 g/mol. The number of aromatic nitrogens is 1. The molecule has 4 nitrogen and oxygen atoms in total. The van der Waals surface area contributed by atoms with E-state index in [1.54, 1.807) is 11.3 Å². The third-order valence-corrected chi connectivity index (χ3v) is 4.56. The van der Waals surface area contributed by atoms with Gasteiger partial charge in [-0.1, -0.05) is 12.1 Å². The third kappa shape index (κ3) is 3.36. The van der Waals surface area contributed by atoms with Crippen molar-refractivity contribution in [2.75, 3.05) is 19.0 Å². The summed E-state index contributed by atoms with van der Waals surface area (Å²) in [5.41, 5.74) is 6.38. The van der Waals surface area contributed by atoms with Crippen LogP contribution in [0.5, 0.6) is 0 Å². The van der Waals surface area contributed by atoms with E-state index in [2.05, 4.69) is 46.5 Å². The molecule has 1 atom stereocenters. The van der Waals surface area contributed by atoms with Gasteiger partial charge >= 0.3 is 0 Å². The molecule has 3 N–H and O–H groups in total. The number of nitrogens with two attached hydrogens (primary N) is 1. The first kappa shape index (κ1) is 15.0. The molecule has 20 heavy (non-hydrogen) atoms. The van der Waals surface area contributed by atoms with Crippen molar-refractivity contribution in [1.82, 2.24) is 10.4 Å². The van der Waals surface area contributed by atoms with Crippen LogP contribution in [0.3, 0.4) is 0 Å². The highest BCUT2D eigenvalue weighted by Crippen LogP contribution is 2.24. The van der Waals surface area contributed by atoms with Gasteiger partial charge in [-0.05, 0) is 31.5 Å². The van der Waals surface area contributed by atoms with Crippen molar-refractivity contribution >= 4 is 17.0 Å².